The summed E-state index contributed by atoms with van der Waals surface area (Å²) in [6.07, 6.45) is 3.26. The topological polar surface area (TPSA) is 50.4 Å². The zero-order valence-electron chi connectivity index (χ0n) is 9.08. The van der Waals surface area contributed by atoms with E-state index < -0.39 is 0 Å². The van der Waals surface area contributed by atoms with Crippen molar-refractivity contribution < 1.29 is 9.53 Å². The van der Waals surface area contributed by atoms with Gasteiger partial charge in [0.15, 0.2) is 0 Å². The number of methoxy groups -OCH3 is 1. The quantitative estimate of drug-likeness (QED) is 0.853. The monoisotopic (exact) mass is 240 g/mol. The Balaban J connectivity index is 2.68. The lowest BCUT2D eigenvalue weighted by Gasteiger charge is -2.07. The van der Waals surface area contributed by atoms with Crippen molar-refractivity contribution in [2.75, 3.05) is 12.4 Å². The van der Waals surface area contributed by atoms with E-state index in [0.717, 1.165) is 0 Å². The van der Waals surface area contributed by atoms with E-state index in [2.05, 4.69) is 10.6 Å². The Morgan fingerprint density at radius 3 is 2.81 bits per heavy atom. The van der Waals surface area contributed by atoms with Crippen molar-refractivity contribution in [2.45, 2.75) is 6.92 Å². The summed E-state index contributed by atoms with van der Waals surface area (Å²) in [5.74, 6) is 0.570. The summed E-state index contributed by atoms with van der Waals surface area (Å²) in [4.78, 5) is 11.3. The number of amides is 2. The molecule has 0 radical (unpaired) electrons. The maximum Gasteiger partial charge on any atom is 0.323 e. The van der Waals surface area contributed by atoms with Gasteiger partial charge >= 0.3 is 6.03 Å². The minimum absolute atomic E-state index is 0.320. The van der Waals surface area contributed by atoms with Crippen LogP contribution in [0.15, 0.2) is 30.5 Å². The second-order valence-electron chi connectivity index (χ2n) is 2.95. The van der Waals surface area contributed by atoms with Crippen molar-refractivity contribution in [2.24, 2.45) is 0 Å². The number of nitrogens with one attached hydrogen (secondary N) is 2. The smallest absolute Gasteiger partial charge is 0.323 e. The molecule has 0 fully saturated rings. The first kappa shape index (κ1) is 12.4. The van der Waals surface area contributed by atoms with Gasteiger partial charge in [0.1, 0.15) is 5.75 Å². The number of hydrogen-bond acceptors (Lipinski definition) is 2. The van der Waals surface area contributed by atoms with Crippen LogP contribution in [0.3, 0.4) is 0 Å². The number of urea groups is 1. The van der Waals surface area contributed by atoms with Gasteiger partial charge in [-0.2, -0.15) is 0 Å². The molecule has 0 saturated carbocycles. The zero-order valence-corrected chi connectivity index (χ0v) is 9.84. The van der Waals surface area contributed by atoms with E-state index in [9.17, 15) is 4.79 Å². The van der Waals surface area contributed by atoms with Crippen LogP contribution in [-0.2, 0) is 0 Å². The van der Waals surface area contributed by atoms with Crippen molar-refractivity contribution >= 4 is 23.3 Å². The van der Waals surface area contributed by atoms with E-state index in [1.165, 1.54) is 7.11 Å². The highest BCUT2D eigenvalue weighted by molar-refractivity contribution is 6.32. The summed E-state index contributed by atoms with van der Waals surface area (Å²) in [6.45, 7) is 1.81. The highest BCUT2D eigenvalue weighted by atomic mass is 35.5. The molecule has 1 aromatic carbocycles. The number of allylic oxidation sites excluding steroid dienone is 1. The maximum atomic E-state index is 11.3. The minimum Gasteiger partial charge on any atom is -0.495 e. The van der Waals surface area contributed by atoms with Crippen LogP contribution in [0.5, 0.6) is 5.75 Å². The number of carbonyl (C=O) groups excluding carboxylic acids is 1. The van der Waals surface area contributed by atoms with Gasteiger partial charge in [-0.15, -0.1) is 0 Å². The molecule has 0 unspecified atom stereocenters. The molecule has 0 aliphatic carbocycles. The fraction of sp³-hybridized carbons (Fsp3) is 0.182. The summed E-state index contributed by atoms with van der Waals surface area (Å²) in [7, 11) is 1.53. The molecule has 16 heavy (non-hydrogen) atoms. The molecule has 0 bridgehead atoms. The molecule has 86 valence electrons. The second kappa shape index (κ2) is 6.02. The number of rotatable bonds is 3. The Morgan fingerprint density at radius 2 is 2.25 bits per heavy atom. The van der Waals surface area contributed by atoms with Crippen LogP contribution in [0, 0.1) is 0 Å². The van der Waals surface area contributed by atoms with Crippen molar-refractivity contribution in [3.63, 3.8) is 0 Å². The minimum atomic E-state index is -0.320. The van der Waals surface area contributed by atoms with Crippen molar-refractivity contribution in [1.82, 2.24) is 5.32 Å². The summed E-state index contributed by atoms with van der Waals surface area (Å²) >= 11 is 5.91. The number of benzene rings is 1. The molecule has 0 aliphatic rings. The average Bonchev–Trinajstić information content (AvgIpc) is 2.26. The van der Waals surface area contributed by atoms with E-state index in [1.807, 2.05) is 6.92 Å². The van der Waals surface area contributed by atoms with Gasteiger partial charge in [-0.25, -0.2) is 4.79 Å². The van der Waals surface area contributed by atoms with Gasteiger partial charge in [-0.1, -0.05) is 17.7 Å². The van der Waals surface area contributed by atoms with Gasteiger partial charge in [-0.3, -0.25) is 0 Å². The lowest BCUT2D eigenvalue weighted by molar-refractivity contribution is 0.255. The standard InChI is InChI=1S/C11H13ClN2O2/c1-3-6-13-11(15)14-8-4-5-10(16-2)9(12)7-8/h3-7H,1-2H3,(H2,13,14,15)/b6-3+. The van der Waals surface area contributed by atoms with E-state index in [-0.39, 0.29) is 6.03 Å². The third-order valence-electron chi connectivity index (χ3n) is 1.79. The first-order chi connectivity index (χ1) is 7.67. The molecule has 4 nitrogen and oxygen atoms in total. The number of halogens is 1. The van der Waals surface area contributed by atoms with E-state index >= 15 is 0 Å². The third-order valence-corrected chi connectivity index (χ3v) is 2.09. The first-order valence-electron chi connectivity index (χ1n) is 4.69. The first-order valence-corrected chi connectivity index (χ1v) is 5.07. The fourth-order valence-corrected chi connectivity index (χ4v) is 1.33. The van der Waals surface area contributed by atoms with Gasteiger partial charge in [0.2, 0.25) is 0 Å². The molecular formula is C11H13ClN2O2. The van der Waals surface area contributed by atoms with Crippen molar-refractivity contribution in [1.29, 1.82) is 0 Å². The van der Waals surface area contributed by atoms with Gasteiger partial charge in [0.05, 0.1) is 12.1 Å². The number of carbonyl (C=O) groups is 1. The molecule has 5 heteroatoms. The molecule has 0 saturated heterocycles. The highest BCUT2D eigenvalue weighted by Gasteiger charge is 2.03. The van der Waals surface area contributed by atoms with Gasteiger partial charge in [0.25, 0.3) is 0 Å². The van der Waals surface area contributed by atoms with Gasteiger partial charge < -0.3 is 15.4 Å². The predicted octanol–water partition coefficient (Wildman–Crippen LogP) is 3.00. The number of anilines is 1. The Labute approximate surface area is 99.2 Å². The number of hydrogen-bond donors (Lipinski definition) is 2. The molecule has 2 amide bonds. The summed E-state index contributed by atoms with van der Waals surface area (Å²) in [6, 6.07) is 4.70. The third kappa shape index (κ3) is 3.47. The Bertz CT molecular complexity index is 405. The molecule has 0 heterocycles. The average molecular weight is 241 g/mol. The zero-order chi connectivity index (χ0) is 12.0. The summed E-state index contributed by atoms with van der Waals surface area (Å²) < 4.78 is 5.00. The van der Waals surface area contributed by atoms with Crippen LogP contribution in [0.2, 0.25) is 5.02 Å². The number of ether oxygens (including phenoxy) is 1. The van der Waals surface area contributed by atoms with Crippen LogP contribution in [0.4, 0.5) is 10.5 Å². The molecule has 1 rings (SSSR count). The molecule has 0 aromatic heterocycles. The van der Waals surface area contributed by atoms with E-state index in [0.29, 0.717) is 16.5 Å². The lowest BCUT2D eigenvalue weighted by atomic mass is 10.3. The van der Waals surface area contributed by atoms with Crippen LogP contribution < -0.4 is 15.4 Å². The maximum absolute atomic E-state index is 11.3. The van der Waals surface area contributed by atoms with E-state index in [4.69, 9.17) is 16.3 Å². The van der Waals surface area contributed by atoms with Crippen LogP contribution in [0.25, 0.3) is 0 Å². The van der Waals surface area contributed by atoms with Crippen molar-refractivity contribution in [3.8, 4) is 5.75 Å². The Morgan fingerprint density at radius 1 is 1.50 bits per heavy atom. The summed E-state index contributed by atoms with van der Waals surface area (Å²) in [5.41, 5.74) is 0.604. The lowest BCUT2D eigenvalue weighted by Crippen LogP contribution is -2.23. The Kier molecular flexibility index (Phi) is 4.66. The molecular weight excluding hydrogens is 228 g/mol. The molecule has 2 N–H and O–H groups in total. The summed E-state index contributed by atoms with van der Waals surface area (Å²) in [5, 5.41) is 5.60. The molecule has 0 aliphatic heterocycles. The largest absolute Gasteiger partial charge is 0.495 e. The van der Waals surface area contributed by atoms with Gasteiger partial charge in [0, 0.05) is 11.9 Å². The molecule has 0 atom stereocenters. The Hall–Kier alpha value is -1.68. The fourth-order valence-electron chi connectivity index (χ4n) is 1.07. The predicted molar refractivity (Wildman–Crippen MR) is 65.0 cm³/mol. The molecule has 0 spiro atoms. The molecule has 1 aromatic rings. The van der Waals surface area contributed by atoms with Crippen molar-refractivity contribution in [3.05, 3.63) is 35.5 Å². The van der Waals surface area contributed by atoms with Gasteiger partial charge in [-0.05, 0) is 25.1 Å². The normalized spacial score (nSPS) is 10.2. The van der Waals surface area contributed by atoms with E-state index in [1.54, 1.807) is 30.5 Å². The SMILES string of the molecule is C/C=C/NC(=O)Nc1ccc(OC)c(Cl)c1. The van der Waals surface area contributed by atoms with Crippen LogP contribution >= 0.6 is 11.6 Å². The van der Waals surface area contributed by atoms with Crippen LogP contribution in [-0.4, -0.2) is 13.1 Å². The second-order valence-corrected chi connectivity index (χ2v) is 3.35. The highest BCUT2D eigenvalue weighted by Crippen LogP contribution is 2.26. The van der Waals surface area contributed by atoms with Crippen LogP contribution in [0.1, 0.15) is 6.92 Å².